The van der Waals surface area contributed by atoms with E-state index in [1.807, 2.05) is 0 Å². The van der Waals surface area contributed by atoms with Crippen molar-refractivity contribution in [3.8, 4) is 11.5 Å². The zero-order chi connectivity index (χ0) is 13.2. The van der Waals surface area contributed by atoms with Crippen LogP contribution >= 0.6 is 0 Å². The van der Waals surface area contributed by atoms with Crippen molar-refractivity contribution in [1.82, 2.24) is 5.06 Å². The van der Waals surface area contributed by atoms with Crippen LogP contribution in [0.15, 0.2) is 18.2 Å². The number of nitrogens with zero attached hydrogens (tertiary/aromatic N) is 1. The molecule has 5 heteroatoms. The van der Waals surface area contributed by atoms with E-state index in [0.29, 0.717) is 10.8 Å². The van der Waals surface area contributed by atoms with Crippen molar-refractivity contribution in [3.63, 3.8) is 0 Å². The van der Waals surface area contributed by atoms with E-state index < -0.39 is 11.4 Å². The molecule has 0 bridgehead atoms. The van der Waals surface area contributed by atoms with Gasteiger partial charge in [-0.2, -0.15) is 0 Å². The summed E-state index contributed by atoms with van der Waals surface area (Å²) in [5, 5.41) is 20.0. The maximum Gasteiger partial charge on any atom is 0.281 e. The molecule has 1 amide bonds. The average molecular weight is 239 g/mol. The number of carbonyl (C=O) groups is 1. The number of ether oxygens (including phenoxy) is 1. The summed E-state index contributed by atoms with van der Waals surface area (Å²) in [4.78, 5) is 11.9. The van der Waals surface area contributed by atoms with Crippen LogP contribution in [0.5, 0.6) is 11.5 Å². The topological polar surface area (TPSA) is 70.0 Å². The third-order valence-corrected chi connectivity index (χ3v) is 2.26. The van der Waals surface area contributed by atoms with Crippen LogP contribution in [0, 0.1) is 0 Å². The predicted octanol–water partition coefficient (Wildman–Crippen LogP) is 2.03. The number of rotatable bonds is 2. The fourth-order valence-electron chi connectivity index (χ4n) is 1.24. The van der Waals surface area contributed by atoms with Gasteiger partial charge in [0.05, 0.1) is 18.2 Å². The lowest BCUT2D eigenvalue weighted by Crippen LogP contribution is -2.43. The molecule has 0 spiro atoms. The Labute approximate surface area is 100 Å². The standard InChI is InChI=1S/C12H17NO4/c1-12(2,3)13(16)11(15)9-6-5-8(17-4)7-10(9)14/h5-7,14,16H,1-4H3. The highest BCUT2D eigenvalue weighted by Crippen LogP contribution is 2.26. The summed E-state index contributed by atoms with van der Waals surface area (Å²) < 4.78 is 4.91. The van der Waals surface area contributed by atoms with Crippen molar-refractivity contribution in [2.24, 2.45) is 0 Å². The van der Waals surface area contributed by atoms with Gasteiger partial charge in [-0.3, -0.25) is 10.0 Å². The third kappa shape index (κ3) is 2.88. The minimum atomic E-state index is -0.733. The van der Waals surface area contributed by atoms with Gasteiger partial charge in [0, 0.05) is 6.07 Å². The first-order valence-corrected chi connectivity index (χ1v) is 5.18. The molecule has 0 aliphatic heterocycles. The summed E-state index contributed by atoms with van der Waals surface area (Å²) in [7, 11) is 1.46. The van der Waals surface area contributed by atoms with E-state index >= 15 is 0 Å². The summed E-state index contributed by atoms with van der Waals surface area (Å²) in [6.45, 7) is 5.06. The highest BCUT2D eigenvalue weighted by Gasteiger charge is 2.27. The number of phenolic OH excluding ortho intramolecular Hbond substituents is 1. The number of carbonyl (C=O) groups excluding carboxylic acids is 1. The normalized spacial score (nSPS) is 11.1. The molecule has 1 aromatic rings. The summed E-state index contributed by atoms with van der Waals surface area (Å²) in [6, 6.07) is 4.28. The number of hydroxylamine groups is 2. The molecule has 0 saturated carbocycles. The summed E-state index contributed by atoms with van der Waals surface area (Å²) in [6.07, 6.45) is 0. The molecule has 0 aromatic heterocycles. The van der Waals surface area contributed by atoms with Crippen LogP contribution in [0.25, 0.3) is 0 Å². The molecular formula is C12H17NO4. The van der Waals surface area contributed by atoms with Gasteiger partial charge in [-0.25, -0.2) is 5.06 Å². The van der Waals surface area contributed by atoms with Gasteiger partial charge >= 0.3 is 0 Å². The first kappa shape index (κ1) is 13.3. The van der Waals surface area contributed by atoms with Crippen LogP contribution in [0.1, 0.15) is 31.1 Å². The van der Waals surface area contributed by atoms with E-state index in [9.17, 15) is 15.1 Å². The fourth-order valence-corrected chi connectivity index (χ4v) is 1.24. The molecule has 0 atom stereocenters. The second kappa shape index (κ2) is 4.63. The monoisotopic (exact) mass is 239 g/mol. The van der Waals surface area contributed by atoms with Gasteiger partial charge in [-0.15, -0.1) is 0 Å². The van der Waals surface area contributed by atoms with Crippen molar-refractivity contribution >= 4 is 5.91 Å². The molecule has 0 heterocycles. The highest BCUT2D eigenvalue weighted by atomic mass is 16.5. The first-order valence-electron chi connectivity index (χ1n) is 5.18. The van der Waals surface area contributed by atoms with E-state index in [4.69, 9.17) is 4.74 Å². The maximum atomic E-state index is 11.9. The van der Waals surface area contributed by atoms with Crippen molar-refractivity contribution in [1.29, 1.82) is 0 Å². The molecule has 0 aliphatic rings. The van der Waals surface area contributed by atoms with Gasteiger partial charge in [-0.05, 0) is 32.9 Å². The molecule has 0 fully saturated rings. The Morgan fingerprint density at radius 3 is 2.35 bits per heavy atom. The minimum Gasteiger partial charge on any atom is -0.507 e. The molecule has 5 nitrogen and oxygen atoms in total. The Hall–Kier alpha value is -1.75. The quantitative estimate of drug-likeness (QED) is 0.612. The Morgan fingerprint density at radius 2 is 1.94 bits per heavy atom. The average Bonchev–Trinajstić information content (AvgIpc) is 2.25. The van der Waals surface area contributed by atoms with Gasteiger partial charge in [0.1, 0.15) is 11.5 Å². The Balaban J connectivity index is 3.05. The molecule has 0 radical (unpaired) electrons. The third-order valence-electron chi connectivity index (χ3n) is 2.26. The summed E-state index contributed by atoms with van der Waals surface area (Å²) in [5.74, 6) is -0.436. The molecule has 1 aromatic carbocycles. The number of amides is 1. The number of hydrogen-bond donors (Lipinski definition) is 2. The van der Waals surface area contributed by atoms with Gasteiger partial charge in [0.15, 0.2) is 0 Å². The van der Waals surface area contributed by atoms with Gasteiger partial charge in [0.2, 0.25) is 0 Å². The van der Waals surface area contributed by atoms with Crippen molar-refractivity contribution in [2.75, 3.05) is 7.11 Å². The minimum absolute atomic E-state index is 0.0308. The molecule has 1 rings (SSSR count). The van der Waals surface area contributed by atoms with Crippen LogP contribution in [0.3, 0.4) is 0 Å². The Morgan fingerprint density at radius 1 is 1.35 bits per heavy atom. The van der Waals surface area contributed by atoms with E-state index in [1.165, 1.54) is 19.2 Å². The molecule has 0 saturated heterocycles. The predicted molar refractivity (Wildman–Crippen MR) is 62.4 cm³/mol. The van der Waals surface area contributed by atoms with E-state index in [0.717, 1.165) is 0 Å². The lowest BCUT2D eigenvalue weighted by atomic mass is 10.1. The molecule has 17 heavy (non-hydrogen) atoms. The molecule has 94 valence electrons. The second-order valence-corrected chi connectivity index (χ2v) is 4.67. The van der Waals surface area contributed by atoms with Crippen LogP contribution in [-0.2, 0) is 0 Å². The smallest absolute Gasteiger partial charge is 0.281 e. The van der Waals surface area contributed by atoms with Crippen molar-refractivity contribution in [3.05, 3.63) is 23.8 Å². The van der Waals surface area contributed by atoms with E-state index in [1.54, 1.807) is 26.8 Å². The van der Waals surface area contributed by atoms with Crippen LogP contribution in [-0.4, -0.2) is 33.9 Å². The highest BCUT2D eigenvalue weighted by molar-refractivity contribution is 5.96. The van der Waals surface area contributed by atoms with Crippen LogP contribution in [0.2, 0.25) is 0 Å². The van der Waals surface area contributed by atoms with Crippen molar-refractivity contribution in [2.45, 2.75) is 26.3 Å². The number of methoxy groups -OCH3 is 1. The molecule has 0 unspecified atom stereocenters. The SMILES string of the molecule is COc1ccc(C(=O)N(O)C(C)(C)C)c(O)c1. The number of phenols is 1. The van der Waals surface area contributed by atoms with Crippen molar-refractivity contribution < 1.29 is 19.8 Å². The number of aromatic hydroxyl groups is 1. The number of benzene rings is 1. The lowest BCUT2D eigenvalue weighted by Gasteiger charge is -2.29. The molecule has 0 aliphatic carbocycles. The fraction of sp³-hybridized carbons (Fsp3) is 0.417. The first-order chi connectivity index (χ1) is 7.77. The van der Waals surface area contributed by atoms with Gasteiger partial charge in [-0.1, -0.05) is 0 Å². The van der Waals surface area contributed by atoms with Crippen LogP contribution < -0.4 is 4.74 Å². The Kier molecular flexibility index (Phi) is 3.63. The Bertz CT molecular complexity index is 423. The lowest BCUT2D eigenvalue weighted by molar-refractivity contribution is -0.114. The second-order valence-electron chi connectivity index (χ2n) is 4.67. The van der Waals surface area contributed by atoms with E-state index in [-0.39, 0.29) is 11.3 Å². The number of hydrogen-bond acceptors (Lipinski definition) is 4. The summed E-state index contributed by atoms with van der Waals surface area (Å²) in [5.41, 5.74) is -0.702. The van der Waals surface area contributed by atoms with Gasteiger partial charge < -0.3 is 9.84 Å². The van der Waals surface area contributed by atoms with Gasteiger partial charge in [0.25, 0.3) is 5.91 Å². The molecule has 2 N–H and O–H groups in total. The van der Waals surface area contributed by atoms with E-state index in [2.05, 4.69) is 0 Å². The van der Waals surface area contributed by atoms with Crippen LogP contribution in [0.4, 0.5) is 0 Å². The zero-order valence-corrected chi connectivity index (χ0v) is 10.4. The maximum absolute atomic E-state index is 11.9. The largest absolute Gasteiger partial charge is 0.507 e. The molecular weight excluding hydrogens is 222 g/mol. The zero-order valence-electron chi connectivity index (χ0n) is 10.4. The summed E-state index contributed by atoms with van der Waals surface area (Å²) >= 11 is 0.